The van der Waals surface area contributed by atoms with Crippen LogP contribution in [0.3, 0.4) is 0 Å². The Balaban J connectivity index is 0.00000264. The number of halogens is 1. The number of hydrogen-bond donors (Lipinski definition) is 2. The van der Waals surface area contributed by atoms with E-state index in [-0.39, 0.29) is 24.4 Å². The summed E-state index contributed by atoms with van der Waals surface area (Å²) in [6.45, 7) is 6.45. The number of hydrogen-bond acceptors (Lipinski definition) is 5. The minimum absolute atomic E-state index is 0. The Bertz CT molecular complexity index is 659. The van der Waals surface area contributed by atoms with Gasteiger partial charge in [-0.1, -0.05) is 0 Å². The summed E-state index contributed by atoms with van der Waals surface area (Å²) in [5.74, 6) is 0.614. The van der Waals surface area contributed by atoms with Gasteiger partial charge in [-0.15, -0.1) is 23.7 Å². The Morgan fingerprint density at radius 1 is 1.43 bits per heavy atom. The molecule has 1 aromatic heterocycles. The first-order valence-electron chi connectivity index (χ1n) is 7.22. The van der Waals surface area contributed by atoms with Crippen LogP contribution in [-0.2, 0) is 6.42 Å². The zero-order chi connectivity index (χ0) is 16.1. The van der Waals surface area contributed by atoms with E-state index in [1.54, 1.807) is 5.38 Å². The molecule has 0 aliphatic rings. The Kier molecular flexibility index (Phi) is 7.48. The fraction of sp³-hybridized carbons (Fsp3) is 0.375. The Morgan fingerprint density at radius 2 is 2.17 bits per heavy atom. The number of thiazole rings is 1. The van der Waals surface area contributed by atoms with Gasteiger partial charge in [0.25, 0.3) is 5.91 Å². The van der Waals surface area contributed by atoms with E-state index in [0.29, 0.717) is 18.7 Å². The molecule has 126 valence electrons. The zero-order valence-electron chi connectivity index (χ0n) is 13.5. The van der Waals surface area contributed by atoms with Gasteiger partial charge in [-0.05, 0) is 51.1 Å². The van der Waals surface area contributed by atoms with Crippen molar-refractivity contribution in [3.63, 3.8) is 0 Å². The standard InChI is InChI=1S/C16H21N3O2S.ClH/c1-10(2)21-14-5-4-12(8-11(14)3)18-16(20)13-9-22-15(19-13)6-7-17;/h4-5,8-10H,6-7,17H2,1-3H3,(H,18,20);1H. The van der Waals surface area contributed by atoms with Gasteiger partial charge in [0.15, 0.2) is 0 Å². The number of aryl methyl sites for hydroxylation is 1. The molecule has 0 saturated heterocycles. The second kappa shape index (κ2) is 8.86. The van der Waals surface area contributed by atoms with Crippen LogP contribution in [-0.4, -0.2) is 23.5 Å². The van der Waals surface area contributed by atoms with Gasteiger partial charge in [-0.2, -0.15) is 0 Å². The Hall–Kier alpha value is -1.63. The molecule has 0 atom stereocenters. The molecule has 1 amide bonds. The summed E-state index contributed by atoms with van der Waals surface area (Å²) in [5.41, 5.74) is 7.62. The number of aromatic nitrogens is 1. The first-order chi connectivity index (χ1) is 10.5. The van der Waals surface area contributed by atoms with E-state index in [9.17, 15) is 4.79 Å². The molecule has 23 heavy (non-hydrogen) atoms. The predicted octanol–water partition coefficient (Wildman–Crippen LogP) is 3.41. The highest BCUT2D eigenvalue weighted by Crippen LogP contribution is 2.23. The smallest absolute Gasteiger partial charge is 0.275 e. The molecule has 0 spiro atoms. The maximum Gasteiger partial charge on any atom is 0.275 e. The van der Waals surface area contributed by atoms with Crippen molar-refractivity contribution in [2.75, 3.05) is 11.9 Å². The van der Waals surface area contributed by atoms with Crippen molar-refractivity contribution in [1.82, 2.24) is 4.98 Å². The summed E-state index contributed by atoms with van der Waals surface area (Å²) in [4.78, 5) is 16.5. The largest absolute Gasteiger partial charge is 0.491 e. The minimum Gasteiger partial charge on any atom is -0.491 e. The molecule has 0 aliphatic carbocycles. The molecule has 0 saturated carbocycles. The summed E-state index contributed by atoms with van der Waals surface area (Å²) in [7, 11) is 0. The van der Waals surface area contributed by atoms with Gasteiger partial charge in [0.1, 0.15) is 11.4 Å². The second-order valence-corrected chi connectivity index (χ2v) is 6.21. The van der Waals surface area contributed by atoms with Gasteiger partial charge in [-0.25, -0.2) is 4.98 Å². The van der Waals surface area contributed by atoms with E-state index in [0.717, 1.165) is 22.0 Å². The van der Waals surface area contributed by atoms with Crippen LogP contribution >= 0.6 is 23.7 Å². The molecule has 0 aliphatic heterocycles. The summed E-state index contributed by atoms with van der Waals surface area (Å²) in [5, 5.41) is 5.49. The first kappa shape index (κ1) is 19.4. The zero-order valence-corrected chi connectivity index (χ0v) is 15.1. The lowest BCUT2D eigenvalue weighted by Crippen LogP contribution is -2.13. The first-order valence-corrected chi connectivity index (χ1v) is 8.10. The van der Waals surface area contributed by atoms with Gasteiger partial charge in [0.05, 0.1) is 11.1 Å². The van der Waals surface area contributed by atoms with Crippen molar-refractivity contribution in [3.05, 3.63) is 39.8 Å². The molecule has 0 radical (unpaired) electrons. The lowest BCUT2D eigenvalue weighted by molar-refractivity contribution is 0.102. The van der Waals surface area contributed by atoms with Gasteiger partial charge in [-0.3, -0.25) is 4.79 Å². The average Bonchev–Trinajstić information content (AvgIpc) is 2.91. The maximum atomic E-state index is 12.2. The molecule has 1 heterocycles. The fourth-order valence-electron chi connectivity index (χ4n) is 1.96. The molecule has 1 aromatic carbocycles. The number of ether oxygens (including phenoxy) is 1. The molecular formula is C16H22ClN3O2S. The highest BCUT2D eigenvalue weighted by atomic mass is 35.5. The normalized spacial score (nSPS) is 10.3. The topological polar surface area (TPSA) is 77.2 Å². The van der Waals surface area contributed by atoms with Crippen LogP contribution in [0.5, 0.6) is 5.75 Å². The monoisotopic (exact) mass is 355 g/mol. The third kappa shape index (κ3) is 5.49. The van der Waals surface area contributed by atoms with Crippen molar-refractivity contribution in [2.24, 2.45) is 5.73 Å². The van der Waals surface area contributed by atoms with Crippen molar-refractivity contribution >= 4 is 35.3 Å². The molecule has 2 rings (SSSR count). The van der Waals surface area contributed by atoms with Gasteiger partial charge in [0, 0.05) is 17.5 Å². The highest BCUT2D eigenvalue weighted by Gasteiger charge is 2.12. The van der Waals surface area contributed by atoms with Crippen LogP contribution < -0.4 is 15.8 Å². The van der Waals surface area contributed by atoms with E-state index in [2.05, 4.69) is 10.3 Å². The lowest BCUT2D eigenvalue weighted by Gasteiger charge is -2.13. The van der Waals surface area contributed by atoms with Crippen LogP contribution in [0.2, 0.25) is 0 Å². The Labute approximate surface area is 146 Å². The summed E-state index contributed by atoms with van der Waals surface area (Å²) in [6.07, 6.45) is 0.813. The summed E-state index contributed by atoms with van der Waals surface area (Å²) >= 11 is 1.45. The number of carbonyl (C=O) groups is 1. The van der Waals surface area contributed by atoms with Crippen LogP contribution in [0.25, 0.3) is 0 Å². The Morgan fingerprint density at radius 3 is 2.78 bits per heavy atom. The molecular weight excluding hydrogens is 334 g/mol. The van der Waals surface area contributed by atoms with E-state index in [1.165, 1.54) is 11.3 Å². The number of nitrogens with zero attached hydrogens (tertiary/aromatic N) is 1. The number of nitrogens with one attached hydrogen (secondary N) is 1. The maximum absolute atomic E-state index is 12.2. The molecule has 0 unspecified atom stereocenters. The second-order valence-electron chi connectivity index (χ2n) is 5.27. The molecule has 3 N–H and O–H groups in total. The molecule has 2 aromatic rings. The molecule has 0 fully saturated rings. The SMILES string of the molecule is Cc1cc(NC(=O)c2csc(CCN)n2)ccc1OC(C)C.Cl. The minimum atomic E-state index is -0.212. The fourth-order valence-corrected chi connectivity index (χ4v) is 2.76. The van der Waals surface area contributed by atoms with Gasteiger partial charge < -0.3 is 15.8 Å². The van der Waals surface area contributed by atoms with Crippen LogP contribution in [0, 0.1) is 6.92 Å². The predicted molar refractivity (Wildman–Crippen MR) is 97.0 cm³/mol. The number of nitrogens with two attached hydrogens (primary N) is 1. The average molecular weight is 356 g/mol. The van der Waals surface area contributed by atoms with E-state index >= 15 is 0 Å². The molecule has 0 bridgehead atoms. The van der Waals surface area contributed by atoms with Gasteiger partial charge in [0.2, 0.25) is 0 Å². The quantitative estimate of drug-likeness (QED) is 0.832. The van der Waals surface area contributed by atoms with Crippen molar-refractivity contribution in [2.45, 2.75) is 33.3 Å². The van der Waals surface area contributed by atoms with Crippen molar-refractivity contribution in [3.8, 4) is 5.75 Å². The summed E-state index contributed by atoms with van der Waals surface area (Å²) in [6, 6.07) is 5.59. The third-order valence-corrected chi connectivity index (χ3v) is 3.85. The number of carbonyl (C=O) groups excluding carboxylic acids is 1. The number of benzene rings is 1. The summed E-state index contributed by atoms with van der Waals surface area (Å²) < 4.78 is 5.68. The number of amides is 1. The number of rotatable bonds is 6. The third-order valence-electron chi connectivity index (χ3n) is 2.94. The van der Waals surface area contributed by atoms with Crippen molar-refractivity contribution < 1.29 is 9.53 Å². The van der Waals surface area contributed by atoms with Crippen LogP contribution in [0.15, 0.2) is 23.6 Å². The number of anilines is 1. The van der Waals surface area contributed by atoms with E-state index in [4.69, 9.17) is 10.5 Å². The highest BCUT2D eigenvalue weighted by molar-refractivity contribution is 7.09. The van der Waals surface area contributed by atoms with Gasteiger partial charge >= 0.3 is 0 Å². The van der Waals surface area contributed by atoms with Crippen LogP contribution in [0.1, 0.15) is 34.9 Å². The van der Waals surface area contributed by atoms with E-state index < -0.39 is 0 Å². The van der Waals surface area contributed by atoms with Crippen LogP contribution in [0.4, 0.5) is 5.69 Å². The molecule has 7 heteroatoms. The molecule has 5 nitrogen and oxygen atoms in total. The van der Waals surface area contributed by atoms with E-state index in [1.807, 2.05) is 39.0 Å². The lowest BCUT2D eigenvalue weighted by atomic mass is 10.2. The van der Waals surface area contributed by atoms with Crippen molar-refractivity contribution in [1.29, 1.82) is 0 Å².